The number of rotatable bonds is 6. The van der Waals surface area contributed by atoms with E-state index in [1.807, 2.05) is 50.8 Å². The Morgan fingerprint density at radius 2 is 2.04 bits per heavy atom. The zero-order valence-electron chi connectivity index (χ0n) is 13.8. The summed E-state index contributed by atoms with van der Waals surface area (Å²) in [7, 11) is 5.53. The molecule has 0 N–H and O–H groups in total. The molecule has 3 aromatic rings. The molecule has 0 bridgehead atoms. The Morgan fingerprint density at radius 1 is 1.29 bits per heavy atom. The SMILES string of the molecule is COc1ccc(-c2nn(CN(C)Cc3cnn(C)c3)c(=S)o2)cc1. The molecule has 0 unspecified atom stereocenters. The van der Waals surface area contributed by atoms with E-state index in [4.69, 9.17) is 21.4 Å². The molecule has 126 valence electrons. The third kappa shape index (κ3) is 3.72. The number of aryl methyl sites for hydroxylation is 1. The smallest absolute Gasteiger partial charge is 0.288 e. The molecule has 0 saturated carbocycles. The van der Waals surface area contributed by atoms with Gasteiger partial charge >= 0.3 is 0 Å². The van der Waals surface area contributed by atoms with Crippen molar-refractivity contribution in [1.29, 1.82) is 0 Å². The Morgan fingerprint density at radius 3 is 2.67 bits per heavy atom. The highest BCUT2D eigenvalue weighted by atomic mass is 32.1. The summed E-state index contributed by atoms with van der Waals surface area (Å²) in [4.78, 5) is 2.44. The van der Waals surface area contributed by atoms with Gasteiger partial charge in [-0.05, 0) is 43.5 Å². The first kappa shape index (κ1) is 16.4. The van der Waals surface area contributed by atoms with Crippen molar-refractivity contribution in [3.05, 3.63) is 47.1 Å². The largest absolute Gasteiger partial charge is 0.497 e. The first-order chi connectivity index (χ1) is 11.5. The summed E-state index contributed by atoms with van der Waals surface area (Å²) in [6.45, 7) is 1.29. The molecular weight excluding hydrogens is 326 g/mol. The molecule has 3 rings (SSSR count). The number of nitrogens with zero attached hydrogens (tertiary/aromatic N) is 5. The fourth-order valence-corrected chi connectivity index (χ4v) is 2.57. The highest BCUT2D eigenvalue weighted by Crippen LogP contribution is 2.21. The molecule has 0 aliphatic rings. The second-order valence-corrected chi connectivity index (χ2v) is 5.93. The van der Waals surface area contributed by atoms with Gasteiger partial charge in [0, 0.05) is 30.9 Å². The van der Waals surface area contributed by atoms with Crippen molar-refractivity contribution < 1.29 is 9.15 Å². The molecule has 0 radical (unpaired) electrons. The fraction of sp³-hybridized carbons (Fsp3) is 0.312. The van der Waals surface area contributed by atoms with E-state index in [1.165, 1.54) is 0 Å². The van der Waals surface area contributed by atoms with Crippen LogP contribution in [0.1, 0.15) is 5.56 Å². The highest BCUT2D eigenvalue weighted by molar-refractivity contribution is 7.71. The van der Waals surface area contributed by atoms with Crippen LogP contribution in [0.5, 0.6) is 5.75 Å². The second-order valence-electron chi connectivity index (χ2n) is 5.58. The molecule has 0 aliphatic heterocycles. The van der Waals surface area contributed by atoms with Crippen molar-refractivity contribution in [3.8, 4) is 17.2 Å². The lowest BCUT2D eigenvalue weighted by atomic mass is 10.2. The predicted molar refractivity (Wildman–Crippen MR) is 92.0 cm³/mol. The summed E-state index contributed by atoms with van der Waals surface area (Å²) in [5, 5.41) is 8.64. The average molecular weight is 345 g/mol. The number of hydrogen-bond donors (Lipinski definition) is 0. The highest BCUT2D eigenvalue weighted by Gasteiger charge is 2.11. The van der Waals surface area contributed by atoms with Gasteiger partial charge in [0.2, 0.25) is 5.89 Å². The second kappa shape index (κ2) is 6.98. The van der Waals surface area contributed by atoms with Crippen LogP contribution in [0.4, 0.5) is 0 Å². The summed E-state index contributed by atoms with van der Waals surface area (Å²) in [5.41, 5.74) is 1.99. The number of hydrogen-bond acceptors (Lipinski definition) is 6. The van der Waals surface area contributed by atoms with Crippen molar-refractivity contribution in [3.63, 3.8) is 0 Å². The van der Waals surface area contributed by atoms with Crippen molar-refractivity contribution in [1.82, 2.24) is 24.5 Å². The zero-order valence-corrected chi connectivity index (χ0v) is 14.7. The van der Waals surface area contributed by atoms with Gasteiger partial charge in [0.05, 0.1) is 20.0 Å². The minimum Gasteiger partial charge on any atom is -0.497 e. The van der Waals surface area contributed by atoms with Gasteiger partial charge in [-0.15, -0.1) is 5.10 Å². The molecule has 0 atom stereocenters. The molecule has 7 nitrogen and oxygen atoms in total. The van der Waals surface area contributed by atoms with E-state index in [2.05, 4.69) is 15.1 Å². The summed E-state index contributed by atoms with van der Waals surface area (Å²) >= 11 is 5.27. The molecule has 0 fully saturated rings. The normalized spacial score (nSPS) is 11.2. The van der Waals surface area contributed by atoms with Crippen LogP contribution in [0.25, 0.3) is 11.5 Å². The van der Waals surface area contributed by atoms with Gasteiger partial charge < -0.3 is 9.15 Å². The van der Waals surface area contributed by atoms with Gasteiger partial charge in [-0.25, -0.2) is 4.68 Å². The van der Waals surface area contributed by atoms with Crippen LogP contribution in [-0.2, 0) is 20.3 Å². The van der Waals surface area contributed by atoms with E-state index < -0.39 is 0 Å². The van der Waals surface area contributed by atoms with E-state index >= 15 is 0 Å². The van der Waals surface area contributed by atoms with Crippen LogP contribution in [0.15, 0.2) is 41.1 Å². The third-order valence-corrected chi connectivity index (χ3v) is 3.82. The average Bonchev–Trinajstić information content (AvgIpc) is 3.13. The number of methoxy groups -OCH3 is 1. The zero-order chi connectivity index (χ0) is 17.1. The van der Waals surface area contributed by atoms with Crippen LogP contribution in [0, 0.1) is 4.84 Å². The van der Waals surface area contributed by atoms with Crippen LogP contribution < -0.4 is 4.74 Å². The molecule has 8 heteroatoms. The maximum absolute atomic E-state index is 5.61. The Bertz CT molecular complexity index is 865. The predicted octanol–water partition coefficient (Wildman–Crippen LogP) is 2.70. The van der Waals surface area contributed by atoms with E-state index in [0.717, 1.165) is 23.4 Å². The minimum absolute atomic E-state index is 0.346. The minimum atomic E-state index is 0.346. The number of ether oxygens (including phenoxy) is 1. The lowest BCUT2D eigenvalue weighted by molar-refractivity contribution is 0.240. The quantitative estimate of drug-likeness (QED) is 0.640. The van der Waals surface area contributed by atoms with Crippen LogP contribution in [-0.4, -0.2) is 38.6 Å². The van der Waals surface area contributed by atoms with Gasteiger partial charge in [0.1, 0.15) is 5.75 Å². The molecule has 1 aromatic carbocycles. The standard InChI is InChI=1S/C16H19N5O2S/c1-19(9-12-8-17-20(2)10-12)11-21-16(24)23-15(18-21)13-4-6-14(22-3)7-5-13/h4-8,10H,9,11H2,1-3H3. The van der Waals surface area contributed by atoms with Crippen molar-refractivity contribution in [2.45, 2.75) is 13.2 Å². The molecular formula is C16H19N5O2S. The molecule has 2 aromatic heterocycles. The van der Waals surface area contributed by atoms with Crippen LogP contribution >= 0.6 is 12.2 Å². The van der Waals surface area contributed by atoms with Crippen molar-refractivity contribution in [2.75, 3.05) is 14.2 Å². The summed E-state index contributed by atoms with van der Waals surface area (Å²) in [6, 6.07) is 7.51. The Balaban J connectivity index is 1.72. The lowest BCUT2D eigenvalue weighted by Crippen LogP contribution is -2.22. The fourth-order valence-electron chi connectivity index (χ4n) is 2.39. The summed E-state index contributed by atoms with van der Waals surface area (Å²) < 4.78 is 14.2. The lowest BCUT2D eigenvalue weighted by Gasteiger charge is -2.14. The molecule has 0 saturated heterocycles. The Labute approximate surface area is 145 Å². The molecule has 0 amide bonds. The van der Waals surface area contributed by atoms with Crippen LogP contribution in [0.3, 0.4) is 0 Å². The summed E-state index contributed by atoms with van der Waals surface area (Å²) in [6.07, 6.45) is 3.84. The Hall–Kier alpha value is -2.45. The van der Waals surface area contributed by atoms with Gasteiger partial charge in [0.25, 0.3) is 4.84 Å². The van der Waals surface area contributed by atoms with E-state index in [1.54, 1.807) is 16.5 Å². The monoisotopic (exact) mass is 345 g/mol. The van der Waals surface area contributed by atoms with Crippen molar-refractivity contribution >= 4 is 12.2 Å². The number of benzene rings is 1. The molecule has 0 spiro atoms. The van der Waals surface area contributed by atoms with E-state index in [0.29, 0.717) is 17.4 Å². The van der Waals surface area contributed by atoms with E-state index in [9.17, 15) is 0 Å². The van der Waals surface area contributed by atoms with Crippen LogP contribution in [0.2, 0.25) is 0 Å². The van der Waals surface area contributed by atoms with Gasteiger partial charge in [-0.3, -0.25) is 9.58 Å². The van der Waals surface area contributed by atoms with Gasteiger partial charge in [-0.1, -0.05) is 0 Å². The van der Waals surface area contributed by atoms with Gasteiger partial charge in [0.15, 0.2) is 0 Å². The van der Waals surface area contributed by atoms with E-state index in [-0.39, 0.29) is 0 Å². The first-order valence-electron chi connectivity index (χ1n) is 7.43. The number of aromatic nitrogens is 4. The molecule has 2 heterocycles. The maximum Gasteiger partial charge on any atom is 0.288 e. The maximum atomic E-state index is 5.61. The third-order valence-electron chi connectivity index (χ3n) is 3.53. The summed E-state index contributed by atoms with van der Waals surface area (Å²) in [5.74, 6) is 1.28. The molecule has 24 heavy (non-hydrogen) atoms. The first-order valence-corrected chi connectivity index (χ1v) is 7.84. The van der Waals surface area contributed by atoms with Gasteiger partial charge in [-0.2, -0.15) is 5.10 Å². The Kier molecular flexibility index (Phi) is 4.77. The topological polar surface area (TPSA) is 61.2 Å². The van der Waals surface area contributed by atoms with Crippen molar-refractivity contribution in [2.24, 2.45) is 7.05 Å². The molecule has 0 aliphatic carbocycles.